The number of fused-ring (bicyclic) bond motifs is 1. The zero-order chi connectivity index (χ0) is 27.7. The van der Waals surface area contributed by atoms with Crippen molar-refractivity contribution < 1.29 is 22.6 Å². The summed E-state index contributed by atoms with van der Waals surface area (Å²) in [6.07, 6.45) is 1.44. The fourth-order valence-corrected chi connectivity index (χ4v) is 4.48. The van der Waals surface area contributed by atoms with Gasteiger partial charge in [0.25, 0.3) is 0 Å². The number of hydrogen-bond donors (Lipinski definition) is 4. The monoisotopic (exact) mass is 561 g/mol. The largest absolute Gasteiger partial charge is 0.450 e. The van der Waals surface area contributed by atoms with Crippen molar-refractivity contribution in [2.24, 2.45) is 12.0 Å². The van der Waals surface area contributed by atoms with Crippen molar-refractivity contribution in [2.75, 3.05) is 25.6 Å². The summed E-state index contributed by atoms with van der Waals surface area (Å²) in [5.41, 5.74) is 0.476. The van der Waals surface area contributed by atoms with Crippen LogP contribution in [0, 0.1) is 5.41 Å². The highest BCUT2D eigenvalue weighted by molar-refractivity contribution is 6.36. The number of nitrogens with one attached hydrogen (secondary N) is 4. The number of aromatic nitrogens is 4. The van der Waals surface area contributed by atoms with Gasteiger partial charge in [-0.15, -0.1) is 0 Å². The summed E-state index contributed by atoms with van der Waals surface area (Å²) < 4.78 is 53.6. The van der Waals surface area contributed by atoms with E-state index >= 15 is 0 Å². The Hall–Kier alpha value is -4.17. The van der Waals surface area contributed by atoms with Gasteiger partial charge in [0.15, 0.2) is 23.0 Å². The Morgan fingerprint density at radius 3 is 2.85 bits per heavy atom. The van der Waals surface area contributed by atoms with Crippen LogP contribution in [0.2, 0.25) is 5.02 Å². The summed E-state index contributed by atoms with van der Waals surface area (Å²) in [5, 5.41) is 16.8. The highest BCUT2D eigenvalue weighted by Gasteiger charge is 2.34. The summed E-state index contributed by atoms with van der Waals surface area (Å²) in [4.78, 5) is 16.7. The maximum atomic E-state index is 13.6. The second kappa shape index (κ2) is 10.5. The first-order valence-electron chi connectivity index (χ1n) is 11.7. The molecule has 0 radical (unpaired) electrons. The van der Waals surface area contributed by atoms with Crippen molar-refractivity contribution in [3.8, 4) is 5.75 Å². The average molecular weight is 562 g/mol. The second-order valence-corrected chi connectivity index (χ2v) is 9.00. The Balaban J connectivity index is 1.50. The molecule has 1 fully saturated rings. The van der Waals surface area contributed by atoms with Gasteiger partial charge in [0.2, 0.25) is 5.95 Å². The highest BCUT2D eigenvalue weighted by atomic mass is 35.5. The number of halogens is 4. The molecular formula is C24H23ClF3N9O2. The molecule has 0 aliphatic carbocycles. The van der Waals surface area contributed by atoms with Crippen molar-refractivity contribution in [1.82, 2.24) is 30.2 Å². The van der Waals surface area contributed by atoms with E-state index in [9.17, 15) is 13.2 Å². The molecule has 2 aliphatic rings. The number of hydrogen-bond acceptors (Lipinski definition) is 10. The molecule has 1 atom stereocenters. The molecule has 0 unspecified atom stereocenters. The lowest BCUT2D eigenvalue weighted by Gasteiger charge is -2.17. The van der Waals surface area contributed by atoms with Gasteiger partial charge in [0.05, 0.1) is 19.0 Å². The predicted molar refractivity (Wildman–Crippen MR) is 139 cm³/mol. The van der Waals surface area contributed by atoms with E-state index in [1.807, 2.05) is 0 Å². The summed E-state index contributed by atoms with van der Waals surface area (Å²) in [6, 6.07) is 2.49. The third-order valence-electron chi connectivity index (χ3n) is 6.12. The number of rotatable bonds is 6. The van der Waals surface area contributed by atoms with E-state index in [2.05, 4.69) is 35.9 Å². The number of likely N-dealkylation sites (N-methyl/N-ethyl adjacent to an activating group) is 1. The normalized spacial score (nSPS) is 18.5. The molecule has 5 heterocycles. The van der Waals surface area contributed by atoms with Crippen LogP contribution < -0.4 is 20.7 Å². The molecule has 1 saturated heterocycles. The lowest BCUT2D eigenvalue weighted by molar-refractivity contribution is -0.141. The molecule has 15 heteroatoms. The zero-order valence-corrected chi connectivity index (χ0v) is 21.5. The fourth-order valence-electron chi connectivity index (χ4n) is 4.18. The summed E-state index contributed by atoms with van der Waals surface area (Å²) in [7, 11) is 3.32. The van der Waals surface area contributed by atoms with Crippen LogP contribution in [0.4, 0.5) is 24.8 Å². The molecule has 0 bridgehead atoms. The molecule has 2 aliphatic heterocycles. The average Bonchev–Trinajstić information content (AvgIpc) is 3.57. The summed E-state index contributed by atoms with van der Waals surface area (Å²) in [6.45, 7) is 0.778. The Morgan fingerprint density at radius 1 is 1.33 bits per heavy atom. The van der Waals surface area contributed by atoms with Crippen LogP contribution in [0.5, 0.6) is 5.75 Å². The minimum absolute atomic E-state index is 0.121. The Morgan fingerprint density at radius 2 is 2.15 bits per heavy atom. The molecule has 0 saturated carbocycles. The van der Waals surface area contributed by atoms with Crippen LogP contribution in [0.15, 0.2) is 47.2 Å². The maximum Gasteiger partial charge on any atom is 0.433 e. The van der Waals surface area contributed by atoms with Gasteiger partial charge in [0.1, 0.15) is 21.9 Å². The van der Waals surface area contributed by atoms with Crippen LogP contribution in [-0.2, 0) is 18.0 Å². The lowest BCUT2D eigenvalue weighted by Crippen LogP contribution is -2.31. The predicted octanol–water partition coefficient (Wildman–Crippen LogP) is 4.22. The molecular weight excluding hydrogens is 539 g/mol. The van der Waals surface area contributed by atoms with Gasteiger partial charge in [-0.1, -0.05) is 11.6 Å². The molecule has 204 valence electrons. The number of pyridine rings is 2. The fraction of sp³-hybridized carbons (Fsp3) is 0.292. The Bertz CT molecular complexity index is 1530. The highest BCUT2D eigenvalue weighted by Crippen LogP contribution is 2.36. The topological polar surface area (TPSA) is 134 Å². The number of imidazole rings is 1. The van der Waals surface area contributed by atoms with Gasteiger partial charge >= 0.3 is 6.18 Å². The van der Waals surface area contributed by atoms with E-state index in [4.69, 9.17) is 26.5 Å². The molecule has 0 amide bonds. The third-order valence-corrected chi connectivity index (χ3v) is 6.49. The van der Waals surface area contributed by atoms with E-state index in [1.54, 1.807) is 37.1 Å². The maximum absolute atomic E-state index is 13.6. The Kier molecular flexibility index (Phi) is 7.14. The van der Waals surface area contributed by atoms with Gasteiger partial charge < -0.3 is 35.4 Å². The van der Waals surface area contributed by atoms with Crippen molar-refractivity contribution in [1.29, 1.82) is 5.41 Å². The number of allylic oxidation sites excluding steroid dienone is 1. The van der Waals surface area contributed by atoms with Crippen LogP contribution in [0.3, 0.4) is 0 Å². The van der Waals surface area contributed by atoms with Crippen LogP contribution in [0.1, 0.15) is 23.7 Å². The second-order valence-electron chi connectivity index (χ2n) is 8.63. The molecule has 4 N–H and O–H groups in total. The van der Waals surface area contributed by atoms with E-state index < -0.39 is 11.9 Å². The van der Waals surface area contributed by atoms with Crippen molar-refractivity contribution in [3.63, 3.8) is 0 Å². The first kappa shape index (κ1) is 26.4. The quantitative estimate of drug-likeness (QED) is 0.260. The van der Waals surface area contributed by atoms with Crippen molar-refractivity contribution >= 4 is 46.5 Å². The van der Waals surface area contributed by atoms with E-state index in [0.29, 0.717) is 42.4 Å². The van der Waals surface area contributed by atoms with E-state index in [-0.39, 0.29) is 39.7 Å². The Labute approximate surface area is 225 Å². The minimum Gasteiger partial charge on any atom is -0.450 e. The number of alkyl halides is 3. The number of ether oxygens (including phenoxy) is 2. The van der Waals surface area contributed by atoms with Gasteiger partial charge in [-0.25, -0.2) is 15.0 Å². The molecule has 0 aromatic carbocycles. The third kappa shape index (κ3) is 5.25. The van der Waals surface area contributed by atoms with E-state index in [1.165, 1.54) is 6.20 Å². The smallest absolute Gasteiger partial charge is 0.433 e. The van der Waals surface area contributed by atoms with E-state index in [0.717, 1.165) is 12.3 Å². The first-order chi connectivity index (χ1) is 18.7. The molecule has 39 heavy (non-hydrogen) atoms. The summed E-state index contributed by atoms with van der Waals surface area (Å²) in [5.74, 6) is 0.689. The summed E-state index contributed by atoms with van der Waals surface area (Å²) >= 11 is 6.67. The zero-order valence-electron chi connectivity index (χ0n) is 20.7. The molecule has 3 aromatic heterocycles. The van der Waals surface area contributed by atoms with Gasteiger partial charge in [-0.05, 0) is 18.6 Å². The molecule has 3 aromatic rings. The molecule has 0 spiro atoms. The molecule has 11 nitrogen and oxygen atoms in total. The minimum atomic E-state index is -4.63. The van der Waals surface area contributed by atoms with Gasteiger partial charge in [0, 0.05) is 50.4 Å². The standard InChI is InChI=1S/C24H23ClF3N9O2/c1-30-21-19(31-4-5-32-21)15(9-29)39-16-10-33-22-20(18(16)25)37(2)23(36-22)34-13-7-14(12-3-6-38-11-12)35-17(8-13)24(26,27)28/h4-5,7-10,12,29,31H,3,6,11H2,1-2H3,(H,30,32)(H,33,34,35,36)/b19-15+,29-9?/t12-/m1/s1. The number of aryl methyl sites for hydroxylation is 1. The molecule has 5 rings (SSSR count). The number of anilines is 2. The van der Waals surface area contributed by atoms with Gasteiger partial charge in [-0.2, -0.15) is 18.2 Å². The van der Waals surface area contributed by atoms with Crippen molar-refractivity contribution in [3.05, 3.63) is 58.6 Å². The lowest BCUT2D eigenvalue weighted by atomic mass is 10.0. The number of nitrogens with zero attached hydrogens (tertiary/aromatic N) is 5. The SMILES string of the molecule is CNC1=NC=CN/C1=C(\C=N)Oc1cnc2nc(Nc3cc([C@@H]4CCOC4)nc(C(F)(F)F)c3)n(C)c2c1Cl. The van der Waals surface area contributed by atoms with Crippen LogP contribution >= 0.6 is 11.6 Å². The number of aliphatic imine (C=N–C) groups is 1. The number of amidine groups is 1. The van der Waals surface area contributed by atoms with Crippen LogP contribution in [0.25, 0.3) is 11.2 Å². The first-order valence-corrected chi connectivity index (χ1v) is 12.1. The van der Waals surface area contributed by atoms with Crippen molar-refractivity contribution in [2.45, 2.75) is 18.5 Å². The van der Waals surface area contributed by atoms with Gasteiger partial charge in [-0.3, -0.25) is 0 Å². The van der Waals surface area contributed by atoms with Crippen LogP contribution in [-0.4, -0.2) is 51.8 Å².